The fraction of sp³-hybridized carbons (Fsp3) is 0.667. The second kappa shape index (κ2) is 4.36. The maximum atomic E-state index is 12.4. The van der Waals surface area contributed by atoms with Crippen LogP contribution in [-0.2, 0) is 13.1 Å². The van der Waals surface area contributed by atoms with Gasteiger partial charge in [0, 0.05) is 6.54 Å². The minimum atomic E-state index is -2.90. The van der Waals surface area contributed by atoms with Crippen LogP contribution in [0.15, 0.2) is 0 Å². The highest BCUT2D eigenvalue weighted by Gasteiger charge is 2.22. The molecular formula is C6H8F4N4. The largest absolute Gasteiger partial charge is 0.325 e. The number of halogens is 4. The first kappa shape index (κ1) is 10.9. The van der Waals surface area contributed by atoms with Crippen molar-refractivity contribution in [2.75, 3.05) is 0 Å². The second-order valence-electron chi connectivity index (χ2n) is 2.50. The van der Waals surface area contributed by atoms with Gasteiger partial charge in [0.15, 0.2) is 0 Å². The van der Waals surface area contributed by atoms with Crippen molar-refractivity contribution in [2.24, 2.45) is 5.73 Å². The zero-order valence-corrected chi connectivity index (χ0v) is 7.00. The molecule has 0 saturated heterocycles. The van der Waals surface area contributed by atoms with E-state index in [4.69, 9.17) is 5.73 Å². The van der Waals surface area contributed by atoms with Crippen molar-refractivity contribution in [3.8, 4) is 0 Å². The van der Waals surface area contributed by atoms with E-state index >= 15 is 0 Å². The number of hydrogen-bond acceptors (Lipinski definition) is 3. The molecule has 0 aliphatic carbocycles. The van der Waals surface area contributed by atoms with Crippen LogP contribution in [0.5, 0.6) is 0 Å². The summed E-state index contributed by atoms with van der Waals surface area (Å²) in [5, 5.41) is 6.46. The van der Waals surface area contributed by atoms with Gasteiger partial charge in [-0.15, -0.1) is 5.10 Å². The highest BCUT2D eigenvalue weighted by molar-refractivity contribution is 5.11. The molecule has 0 atom stereocenters. The van der Waals surface area contributed by atoms with Gasteiger partial charge in [-0.3, -0.25) is 0 Å². The number of hydrogen-bond donors (Lipinski definition) is 1. The lowest BCUT2D eigenvalue weighted by atomic mass is 10.3. The topological polar surface area (TPSA) is 56.7 Å². The zero-order valence-electron chi connectivity index (χ0n) is 7.00. The van der Waals surface area contributed by atoms with E-state index in [0.29, 0.717) is 4.68 Å². The minimum absolute atomic E-state index is 0.152. The number of alkyl halides is 4. The number of rotatable bonds is 4. The maximum Gasteiger partial charge on any atom is 0.281 e. The van der Waals surface area contributed by atoms with Crippen molar-refractivity contribution < 1.29 is 17.6 Å². The second-order valence-corrected chi connectivity index (χ2v) is 2.50. The predicted molar refractivity (Wildman–Crippen MR) is 38.9 cm³/mol. The smallest absolute Gasteiger partial charge is 0.281 e. The van der Waals surface area contributed by atoms with Gasteiger partial charge in [-0.25, -0.2) is 22.2 Å². The Morgan fingerprint density at radius 3 is 2.36 bits per heavy atom. The van der Waals surface area contributed by atoms with E-state index in [2.05, 4.69) is 10.3 Å². The molecule has 2 N–H and O–H groups in total. The molecule has 0 fully saturated rings. The van der Waals surface area contributed by atoms with Crippen LogP contribution >= 0.6 is 0 Å². The summed E-state index contributed by atoms with van der Waals surface area (Å²) in [6.45, 7) is -1.14. The molecule has 1 aromatic rings. The Hall–Kier alpha value is -1.18. The Morgan fingerprint density at radius 1 is 1.29 bits per heavy atom. The van der Waals surface area contributed by atoms with Gasteiger partial charge in [0.25, 0.3) is 12.9 Å². The summed E-state index contributed by atoms with van der Waals surface area (Å²) in [5.74, 6) is 0. The van der Waals surface area contributed by atoms with E-state index < -0.39 is 25.1 Å². The minimum Gasteiger partial charge on any atom is -0.325 e. The van der Waals surface area contributed by atoms with Gasteiger partial charge < -0.3 is 5.73 Å². The lowest BCUT2D eigenvalue weighted by Crippen LogP contribution is -2.13. The third kappa shape index (κ3) is 2.19. The molecule has 0 radical (unpaired) electrons. The maximum absolute atomic E-state index is 12.4. The summed E-state index contributed by atoms with van der Waals surface area (Å²) >= 11 is 0. The van der Waals surface area contributed by atoms with Crippen LogP contribution in [0.25, 0.3) is 0 Å². The summed E-state index contributed by atoms with van der Waals surface area (Å²) in [4.78, 5) is 0. The number of nitrogens with zero attached hydrogens (tertiary/aromatic N) is 3. The van der Waals surface area contributed by atoms with E-state index in [9.17, 15) is 17.6 Å². The molecule has 0 aliphatic rings. The van der Waals surface area contributed by atoms with Crippen molar-refractivity contribution in [2.45, 2.75) is 25.9 Å². The fourth-order valence-corrected chi connectivity index (χ4v) is 1.01. The normalized spacial score (nSPS) is 11.6. The van der Waals surface area contributed by atoms with Gasteiger partial charge in [0.2, 0.25) is 0 Å². The van der Waals surface area contributed by atoms with E-state index in [1.54, 1.807) is 0 Å². The molecule has 0 unspecified atom stereocenters. The van der Waals surface area contributed by atoms with E-state index in [1.165, 1.54) is 0 Å². The molecule has 1 aromatic heterocycles. The van der Waals surface area contributed by atoms with Gasteiger partial charge in [-0.05, 0) is 0 Å². The molecule has 0 aliphatic heterocycles. The number of nitrogens with two attached hydrogens (primary N) is 1. The Balaban J connectivity index is 2.98. The monoisotopic (exact) mass is 212 g/mol. The average molecular weight is 212 g/mol. The summed E-state index contributed by atoms with van der Waals surface area (Å²) in [6, 6.07) is 0. The van der Waals surface area contributed by atoms with E-state index in [-0.39, 0.29) is 12.2 Å². The van der Waals surface area contributed by atoms with Crippen LogP contribution in [0.4, 0.5) is 17.6 Å². The first-order valence-corrected chi connectivity index (χ1v) is 3.75. The van der Waals surface area contributed by atoms with Gasteiger partial charge >= 0.3 is 0 Å². The highest BCUT2D eigenvalue weighted by atomic mass is 19.3. The summed E-state index contributed by atoms with van der Waals surface area (Å²) in [7, 11) is 0. The van der Waals surface area contributed by atoms with Crippen molar-refractivity contribution in [1.82, 2.24) is 15.0 Å². The van der Waals surface area contributed by atoms with E-state index in [1.807, 2.05) is 0 Å². The van der Waals surface area contributed by atoms with Crippen LogP contribution in [-0.4, -0.2) is 21.4 Å². The predicted octanol–water partition coefficient (Wildman–Crippen LogP) is 0.939. The van der Waals surface area contributed by atoms with Gasteiger partial charge in [-0.2, -0.15) is 0 Å². The SMILES string of the molecule is NCc1nnn(CC(F)F)c1C(F)F. The van der Waals surface area contributed by atoms with Crippen LogP contribution in [0, 0.1) is 0 Å². The third-order valence-corrected chi connectivity index (χ3v) is 1.56. The van der Waals surface area contributed by atoms with Crippen molar-refractivity contribution >= 4 is 0 Å². The van der Waals surface area contributed by atoms with E-state index in [0.717, 1.165) is 0 Å². The fourth-order valence-electron chi connectivity index (χ4n) is 1.01. The molecule has 0 amide bonds. The molecular weight excluding hydrogens is 204 g/mol. The standard InChI is InChI=1S/C6H8F4N4/c7-4(8)2-14-5(6(9)10)3(1-11)12-13-14/h4,6H,1-2,11H2. The molecule has 1 rings (SSSR count). The molecule has 0 bridgehead atoms. The third-order valence-electron chi connectivity index (χ3n) is 1.56. The quantitative estimate of drug-likeness (QED) is 0.755. The van der Waals surface area contributed by atoms with Crippen LogP contribution in [0.3, 0.4) is 0 Å². The molecule has 0 aromatic carbocycles. The molecule has 14 heavy (non-hydrogen) atoms. The van der Waals surface area contributed by atoms with Crippen molar-refractivity contribution in [1.29, 1.82) is 0 Å². The molecule has 0 spiro atoms. The summed E-state index contributed by atoms with van der Waals surface area (Å²) in [6.07, 6.45) is -5.65. The highest BCUT2D eigenvalue weighted by Crippen LogP contribution is 2.21. The summed E-state index contributed by atoms with van der Waals surface area (Å²) < 4.78 is 49.0. The Bertz CT molecular complexity index is 298. The summed E-state index contributed by atoms with van der Waals surface area (Å²) in [5.41, 5.74) is 4.31. The first-order valence-electron chi connectivity index (χ1n) is 3.75. The Morgan fingerprint density at radius 2 is 1.93 bits per heavy atom. The average Bonchev–Trinajstić information content (AvgIpc) is 2.46. The lowest BCUT2D eigenvalue weighted by Gasteiger charge is -2.05. The lowest BCUT2D eigenvalue weighted by molar-refractivity contribution is 0.102. The Labute approximate surface area is 76.7 Å². The number of aromatic nitrogens is 3. The van der Waals surface area contributed by atoms with Crippen LogP contribution < -0.4 is 5.73 Å². The molecule has 1 heterocycles. The zero-order chi connectivity index (χ0) is 10.7. The van der Waals surface area contributed by atoms with Gasteiger partial charge in [0.05, 0.1) is 0 Å². The first-order chi connectivity index (χ1) is 6.56. The Kier molecular flexibility index (Phi) is 3.39. The molecule has 8 heteroatoms. The van der Waals surface area contributed by atoms with Gasteiger partial charge in [0.1, 0.15) is 17.9 Å². The van der Waals surface area contributed by atoms with Crippen molar-refractivity contribution in [3.63, 3.8) is 0 Å². The molecule has 80 valence electrons. The van der Waals surface area contributed by atoms with Crippen molar-refractivity contribution in [3.05, 3.63) is 11.4 Å². The molecule has 4 nitrogen and oxygen atoms in total. The molecule has 0 saturated carbocycles. The van der Waals surface area contributed by atoms with Crippen LogP contribution in [0.1, 0.15) is 17.8 Å². The van der Waals surface area contributed by atoms with Gasteiger partial charge in [-0.1, -0.05) is 5.21 Å². The van der Waals surface area contributed by atoms with Crippen LogP contribution in [0.2, 0.25) is 0 Å².